The number of carbonyl (C=O) groups excluding carboxylic acids is 2. The van der Waals surface area contributed by atoms with Crippen LogP contribution in [-0.2, 0) is 41.8 Å². The first kappa shape index (κ1) is 27.1. The highest BCUT2D eigenvalue weighted by Gasteiger charge is 2.53. The lowest BCUT2D eigenvalue weighted by Gasteiger charge is -2.38. The molecule has 0 spiro atoms. The highest BCUT2D eigenvalue weighted by Crippen LogP contribution is 2.48. The van der Waals surface area contributed by atoms with Gasteiger partial charge in [0.25, 0.3) is 10.1 Å². The first-order valence-electron chi connectivity index (χ1n) is 12.8. The molecule has 2 aromatic carbocycles. The molecule has 1 aliphatic carbocycles. The summed E-state index contributed by atoms with van der Waals surface area (Å²) in [5, 5.41) is 0. The van der Waals surface area contributed by atoms with Gasteiger partial charge in [-0.2, -0.15) is 8.42 Å². The first-order valence-corrected chi connectivity index (χ1v) is 14.6. The third-order valence-electron chi connectivity index (χ3n) is 7.35. The average molecular weight is 530 g/mol. The van der Waals surface area contributed by atoms with Crippen LogP contribution in [0.25, 0.3) is 0 Å². The zero-order valence-corrected chi connectivity index (χ0v) is 22.0. The summed E-state index contributed by atoms with van der Waals surface area (Å²) in [6, 6.07) is 18.9. The van der Waals surface area contributed by atoms with E-state index in [1.54, 1.807) is 4.90 Å². The number of likely N-dealkylation sites (tertiary alicyclic amines) is 1. The molecule has 8 nitrogen and oxygen atoms in total. The summed E-state index contributed by atoms with van der Waals surface area (Å²) in [6.07, 6.45) is 3.46. The first-order chi connectivity index (χ1) is 17.7. The molecular formula is C28H35NO7S. The number of benzene rings is 2. The van der Waals surface area contributed by atoms with E-state index in [2.05, 4.69) is 0 Å². The summed E-state index contributed by atoms with van der Waals surface area (Å²) in [6.45, 7) is 1.38. The van der Waals surface area contributed by atoms with Crippen LogP contribution in [-0.4, -0.2) is 50.8 Å². The normalized spacial score (nSPS) is 22.5. The van der Waals surface area contributed by atoms with Crippen molar-refractivity contribution in [1.29, 1.82) is 0 Å². The van der Waals surface area contributed by atoms with Crippen molar-refractivity contribution in [2.75, 3.05) is 19.3 Å². The highest BCUT2D eigenvalue weighted by molar-refractivity contribution is 7.86. The van der Waals surface area contributed by atoms with Crippen LogP contribution in [0.2, 0.25) is 0 Å². The second kappa shape index (κ2) is 12.1. The van der Waals surface area contributed by atoms with Gasteiger partial charge in [-0.3, -0.25) is 8.98 Å². The van der Waals surface area contributed by atoms with Gasteiger partial charge in [0.05, 0.1) is 17.8 Å². The number of piperidine rings is 1. The average Bonchev–Trinajstić information content (AvgIpc) is 3.28. The number of nitrogens with zero attached hydrogens (tertiary/aromatic N) is 1. The number of rotatable bonds is 9. The topological polar surface area (TPSA) is 99.2 Å². The zero-order chi connectivity index (χ0) is 26.3. The monoisotopic (exact) mass is 529 g/mol. The van der Waals surface area contributed by atoms with Gasteiger partial charge in [-0.25, -0.2) is 4.79 Å². The fourth-order valence-corrected chi connectivity index (χ4v) is 6.16. The third-order valence-corrected chi connectivity index (χ3v) is 7.93. The van der Waals surface area contributed by atoms with E-state index < -0.39 is 27.6 Å². The van der Waals surface area contributed by atoms with Crippen molar-refractivity contribution in [2.24, 2.45) is 11.3 Å². The van der Waals surface area contributed by atoms with Gasteiger partial charge in [0, 0.05) is 13.1 Å². The van der Waals surface area contributed by atoms with E-state index in [1.165, 1.54) is 0 Å². The molecule has 37 heavy (non-hydrogen) atoms. The molecule has 2 unspecified atom stereocenters. The number of hydrogen-bond donors (Lipinski definition) is 0. The number of ether oxygens (including phenoxy) is 2. The molecule has 1 saturated carbocycles. The molecule has 0 radical (unpaired) electrons. The Morgan fingerprint density at radius 1 is 0.892 bits per heavy atom. The lowest BCUT2D eigenvalue weighted by atomic mass is 9.73. The van der Waals surface area contributed by atoms with E-state index in [0.717, 1.165) is 17.4 Å². The minimum Gasteiger partial charge on any atom is -0.460 e. The zero-order valence-electron chi connectivity index (χ0n) is 21.2. The van der Waals surface area contributed by atoms with Gasteiger partial charge in [-0.1, -0.05) is 60.7 Å². The van der Waals surface area contributed by atoms with Crippen molar-refractivity contribution in [1.82, 2.24) is 4.90 Å². The lowest BCUT2D eigenvalue weighted by Crippen LogP contribution is -2.46. The molecule has 2 aliphatic rings. The van der Waals surface area contributed by atoms with Crippen LogP contribution in [0, 0.1) is 11.3 Å². The van der Waals surface area contributed by atoms with Crippen molar-refractivity contribution < 1.29 is 31.7 Å². The molecule has 9 heteroatoms. The van der Waals surface area contributed by atoms with E-state index in [4.69, 9.17) is 13.7 Å². The maximum Gasteiger partial charge on any atom is 0.410 e. The van der Waals surface area contributed by atoms with Crippen molar-refractivity contribution in [3.63, 3.8) is 0 Å². The maximum atomic E-state index is 13.5. The standard InChI is InChI=1S/C28H35NO7S/c1-37(32,33)36-25-13-8-16-28(25,26(30)34-20-23-9-4-2-5-10-23)19-22-14-17-29(18-15-22)27(31)35-21-24-11-6-3-7-12-24/h2-7,9-12,22,25H,8,13-21H2,1H3. The summed E-state index contributed by atoms with van der Waals surface area (Å²) in [7, 11) is -3.75. The summed E-state index contributed by atoms with van der Waals surface area (Å²) in [4.78, 5) is 27.8. The van der Waals surface area contributed by atoms with E-state index in [9.17, 15) is 18.0 Å². The lowest BCUT2D eigenvalue weighted by molar-refractivity contribution is -0.163. The molecule has 1 heterocycles. The molecule has 0 aromatic heterocycles. The van der Waals surface area contributed by atoms with Gasteiger partial charge in [0.1, 0.15) is 13.2 Å². The quantitative estimate of drug-likeness (QED) is 0.343. The van der Waals surface area contributed by atoms with Gasteiger partial charge >= 0.3 is 12.1 Å². The Hall–Kier alpha value is -2.91. The Labute approximate surface area is 219 Å². The van der Waals surface area contributed by atoms with Gasteiger partial charge in [0.15, 0.2) is 0 Å². The van der Waals surface area contributed by atoms with Crippen molar-refractivity contribution in [2.45, 2.75) is 57.8 Å². The van der Waals surface area contributed by atoms with Crippen molar-refractivity contribution in [3.8, 4) is 0 Å². The Bertz CT molecular complexity index is 1150. The Morgan fingerprint density at radius 3 is 2.03 bits per heavy atom. The molecule has 2 fully saturated rings. The summed E-state index contributed by atoms with van der Waals surface area (Å²) in [5.74, 6) is -0.279. The predicted molar refractivity (Wildman–Crippen MR) is 138 cm³/mol. The number of esters is 1. The second-order valence-corrected chi connectivity index (χ2v) is 11.7. The summed E-state index contributed by atoms with van der Waals surface area (Å²) in [5.41, 5.74) is 0.769. The van der Waals surface area contributed by atoms with E-state index in [1.807, 2.05) is 60.7 Å². The van der Waals surface area contributed by atoms with Crippen LogP contribution >= 0.6 is 0 Å². The number of hydrogen-bond acceptors (Lipinski definition) is 7. The Morgan fingerprint density at radius 2 is 1.46 bits per heavy atom. The summed E-state index contributed by atoms with van der Waals surface area (Å²) < 4.78 is 40.7. The van der Waals surface area contributed by atoms with Crippen LogP contribution in [0.4, 0.5) is 4.79 Å². The molecule has 4 rings (SSSR count). The van der Waals surface area contributed by atoms with E-state index >= 15 is 0 Å². The van der Waals surface area contributed by atoms with Crippen LogP contribution in [0.5, 0.6) is 0 Å². The van der Waals surface area contributed by atoms with Crippen molar-refractivity contribution >= 4 is 22.2 Å². The van der Waals surface area contributed by atoms with E-state index in [-0.39, 0.29) is 25.2 Å². The van der Waals surface area contributed by atoms with Crippen LogP contribution in [0.3, 0.4) is 0 Å². The van der Waals surface area contributed by atoms with Gasteiger partial charge in [0.2, 0.25) is 0 Å². The maximum absolute atomic E-state index is 13.5. The van der Waals surface area contributed by atoms with E-state index in [0.29, 0.717) is 51.6 Å². The molecule has 200 valence electrons. The van der Waals surface area contributed by atoms with Crippen LogP contribution in [0.15, 0.2) is 60.7 Å². The minimum absolute atomic E-state index is 0.124. The summed E-state index contributed by atoms with van der Waals surface area (Å²) >= 11 is 0. The Balaban J connectivity index is 1.38. The third kappa shape index (κ3) is 7.32. The van der Waals surface area contributed by atoms with Gasteiger partial charge in [-0.05, 0) is 55.6 Å². The minimum atomic E-state index is -3.75. The number of amides is 1. The highest BCUT2D eigenvalue weighted by atomic mass is 32.2. The molecule has 0 bridgehead atoms. The largest absolute Gasteiger partial charge is 0.460 e. The predicted octanol–water partition coefficient (Wildman–Crippen LogP) is 4.68. The molecule has 2 aromatic rings. The molecule has 1 saturated heterocycles. The van der Waals surface area contributed by atoms with Crippen molar-refractivity contribution in [3.05, 3.63) is 71.8 Å². The molecule has 2 atom stereocenters. The second-order valence-electron chi connectivity index (χ2n) is 10.1. The number of carbonyl (C=O) groups is 2. The van der Waals surface area contributed by atoms with Gasteiger partial charge < -0.3 is 14.4 Å². The molecule has 1 aliphatic heterocycles. The smallest absolute Gasteiger partial charge is 0.410 e. The van der Waals surface area contributed by atoms with Crippen LogP contribution in [0.1, 0.15) is 49.7 Å². The molecule has 1 amide bonds. The Kier molecular flexibility index (Phi) is 8.87. The molecule has 0 N–H and O–H groups in total. The SMILES string of the molecule is CS(=O)(=O)OC1CCCC1(CC1CCN(C(=O)OCc2ccccc2)CC1)C(=O)OCc1ccccc1. The van der Waals surface area contributed by atoms with Crippen LogP contribution < -0.4 is 0 Å². The fraction of sp³-hybridized carbons (Fsp3) is 0.500. The van der Waals surface area contributed by atoms with Gasteiger partial charge in [-0.15, -0.1) is 0 Å². The fourth-order valence-electron chi connectivity index (χ4n) is 5.45. The molecular weight excluding hydrogens is 494 g/mol.